The van der Waals surface area contributed by atoms with E-state index in [2.05, 4.69) is 141 Å². The van der Waals surface area contributed by atoms with Gasteiger partial charge in [0.05, 0.1) is 12.2 Å². The van der Waals surface area contributed by atoms with Crippen LogP contribution in [0.1, 0.15) is 50.9 Å². The number of anilines is 1. The lowest BCUT2D eigenvalue weighted by Gasteiger charge is -2.25. The second kappa shape index (κ2) is 10.9. The van der Waals surface area contributed by atoms with Gasteiger partial charge in [0.15, 0.2) is 35.0 Å². The molecule has 0 spiro atoms. The van der Waals surface area contributed by atoms with E-state index in [0.29, 0.717) is 0 Å². The van der Waals surface area contributed by atoms with E-state index in [9.17, 15) is 0 Å². The summed E-state index contributed by atoms with van der Waals surface area (Å²) >= 11 is 0. The maximum atomic E-state index is 6.30. The number of nitrogens with zero attached hydrogens (tertiary/aromatic N) is 2. The average Bonchev–Trinajstić information content (AvgIpc) is 3.30. The van der Waals surface area contributed by atoms with E-state index >= 15 is 0 Å². The standard InChI is InChI=1S/C33H35N2O2/c1-24(2)36-30-21-13-11-19-28(30)34-23-35(29-20-12-14-22-31(29)37-25(3)4)33(27-17-9-6-10-18-27)32(34)26-15-7-5-8-16-26/h5-25,32-33H,1-4H3/q+1/t32-,33-/m0/s1. The van der Waals surface area contributed by atoms with Gasteiger partial charge in [-0.05, 0) is 52.0 Å². The Labute approximate surface area is 220 Å². The van der Waals surface area contributed by atoms with Crippen LogP contribution in [0, 0.1) is 0 Å². The zero-order valence-corrected chi connectivity index (χ0v) is 22.0. The molecule has 37 heavy (non-hydrogen) atoms. The summed E-state index contributed by atoms with van der Waals surface area (Å²) in [5, 5.41) is 0. The Balaban J connectivity index is 1.75. The fourth-order valence-corrected chi connectivity index (χ4v) is 5.04. The lowest BCUT2D eigenvalue weighted by atomic mass is 9.92. The molecule has 0 N–H and O–H groups in total. The number of rotatable bonds is 8. The molecule has 0 radical (unpaired) electrons. The number of hydrogen-bond acceptors (Lipinski definition) is 3. The SMILES string of the molecule is CC(C)Oc1ccccc1N1C=[N+](c2ccccc2OC(C)C)[C@@H](c2ccccc2)[C@@H]1c1ccccc1. The predicted octanol–water partition coefficient (Wildman–Crippen LogP) is 7.94. The van der Waals surface area contributed by atoms with E-state index in [1.807, 2.05) is 12.1 Å². The number of para-hydroxylation sites is 4. The second-order valence-corrected chi connectivity index (χ2v) is 9.91. The summed E-state index contributed by atoms with van der Waals surface area (Å²) in [4.78, 5) is 2.36. The number of hydrogen-bond donors (Lipinski definition) is 0. The van der Waals surface area contributed by atoms with Gasteiger partial charge in [0.25, 0.3) is 0 Å². The first kappa shape index (κ1) is 24.6. The zero-order chi connectivity index (χ0) is 25.8. The van der Waals surface area contributed by atoms with Crippen molar-refractivity contribution < 1.29 is 14.0 Å². The normalized spacial score (nSPS) is 17.2. The van der Waals surface area contributed by atoms with Gasteiger partial charge in [0.2, 0.25) is 6.34 Å². The van der Waals surface area contributed by atoms with Crippen LogP contribution < -0.4 is 14.4 Å². The van der Waals surface area contributed by atoms with Gasteiger partial charge < -0.3 is 9.47 Å². The summed E-state index contributed by atoms with van der Waals surface area (Å²) in [6.07, 6.45) is 2.36. The maximum Gasteiger partial charge on any atom is 0.246 e. The topological polar surface area (TPSA) is 24.7 Å². The molecule has 188 valence electrons. The highest BCUT2D eigenvalue weighted by atomic mass is 16.5. The van der Waals surface area contributed by atoms with E-state index < -0.39 is 0 Å². The molecule has 0 unspecified atom stereocenters. The molecule has 0 amide bonds. The molecule has 1 heterocycles. The van der Waals surface area contributed by atoms with E-state index in [0.717, 1.165) is 22.9 Å². The minimum atomic E-state index is 0.00705. The van der Waals surface area contributed by atoms with E-state index in [4.69, 9.17) is 9.47 Å². The summed E-state index contributed by atoms with van der Waals surface area (Å²) < 4.78 is 14.9. The molecule has 4 aromatic carbocycles. The number of ether oxygens (including phenoxy) is 2. The minimum absolute atomic E-state index is 0.00705. The van der Waals surface area contributed by atoms with Crippen molar-refractivity contribution in [1.82, 2.24) is 0 Å². The van der Waals surface area contributed by atoms with Crippen LogP contribution in [0.3, 0.4) is 0 Å². The first-order chi connectivity index (χ1) is 18.0. The molecule has 1 aliphatic heterocycles. The molecule has 0 fully saturated rings. The summed E-state index contributed by atoms with van der Waals surface area (Å²) in [6.45, 7) is 8.27. The third kappa shape index (κ3) is 5.24. The molecule has 0 aliphatic carbocycles. The van der Waals surface area contributed by atoms with Gasteiger partial charge >= 0.3 is 0 Å². The lowest BCUT2D eigenvalue weighted by Crippen LogP contribution is -2.26. The summed E-state index contributed by atoms with van der Waals surface area (Å²) in [7, 11) is 0. The molecule has 5 rings (SSSR count). The predicted molar refractivity (Wildman–Crippen MR) is 151 cm³/mol. The van der Waals surface area contributed by atoms with Crippen molar-refractivity contribution in [1.29, 1.82) is 0 Å². The van der Waals surface area contributed by atoms with E-state index in [1.165, 1.54) is 11.1 Å². The Bertz CT molecular complexity index is 1350. The van der Waals surface area contributed by atoms with E-state index in [-0.39, 0.29) is 24.3 Å². The van der Waals surface area contributed by atoms with Crippen LogP contribution >= 0.6 is 0 Å². The Morgan fingerprint density at radius 3 is 1.76 bits per heavy atom. The van der Waals surface area contributed by atoms with Crippen LogP contribution in [0.2, 0.25) is 0 Å². The molecule has 4 aromatic rings. The molecule has 1 aliphatic rings. The molecule has 4 heteroatoms. The number of benzene rings is 4. The molecule has 0 saturated carbocycles. The summed E-state index contributed by atoms with van der Waals surface area (Å²) in [5.74, 6) is 1.74. The fourth-order valence-electron chi connectivity index (χ4n) is 5.04. The molecule has 0 saturated heterocycles. The van der Waals surface area contributed by atoms with Crippen molar-refractivity contribution in [2.24, 2.45) is 0 Å². The molecule has 4 nitrogen and oxygen atoms in total. The molecule has 0 aromatic heterocycles. The van der Waals surface area contributed by atoms with E-state index in [1.54, 1.807) is 0 Å². The van der Waals surface area contributed by atoms with Crippen LogP contribution in [-0.2, 0) is 0 Å². The van der Waals surface area contributed by atoms with Crippen LogP contribution in [0.5, 0.6) is 11.5 Å². The van der Waals surface area contributed by atoms with Gasteiger partial charge in [-0.25, -0.2) is 9.48 Å². The smallest absolute Gasteiger partial charge is 0.246 e. The van der Waals surface area contributed by atoms with Gasteiger partial charge in [0.1, 0.15) is 0 Å². The Kier molecular flexibility index (Phi) is 7.27. The van der Waals surface area contributed by atoms with Gasteiger partial charge in [-0.3, -0.25) is 0 Å². The van der Waals surface area contributed by atoms with Gasteiger partial charge in [-0.15, -0.1) is 0 Å². The monoisotopic (exact) mass is 491 g/mol. The zero-order valence-electron chi connectivity index (χ0n) is 22.0. The van der Waals surface area contributed by atoms with Crippen LogP contribution in [0.4, 0.5) is 11.4 Å². The maximum absolute atomic E-state index is 6.30. The Morgan fingerprint density at radius 2 is 1.11 bits per heavy atom. The van der Waals surface area contributed by atoms with Crippen molar-refractivity contribution in [3.05, 3.63) is 120 Å². The largest absolute Gasteiger partial charge is 0.487 e. The van der Waals surface area contributed by atoms with Crippen molar-refractivity contribution in [3.8, 4) is 11.5 Å². The molecular formula is C33H35N2O2+. The molecular weight excluding hydrogens is 456 g/mol. The van der Waals surface area contributed by atoms with Crippen LogP contribution in [0.25, 0.3) is 0 Å². The van der Waals surface area contributed by atoms with Crippen LogP contribution in [-0.4, -0.2) is 23.1 Å². The molecule has 2 atom stereocenters. The van der Waals surface area contributed by atoms with Crippen LogP contribution in [0.15, 0.2) is 109 Å². The quantitative estimate of drug-likeness (QED) is 0.234. The first-order valence-corrected chi connectivity index (χ1v) is 13.1. The van der Waals surface area contributed by atoms with Crippen molar-refractivity contribution >= 4 is 17.7 Å². The third-order valence-corrected chi connectivity index (χ3v) is 6.44. The fraction of sp³-hybridized carbons (Fsp3) is 0.242. The average molecular weight is 492 g/mol. The second-order valence-electron chi connectivity index (χ2n) is 9.91. The van der Waals surface area contributed by atoms with Crippen molar-refractivity contribution in [2.75, 3.05) is 4.90 Å². The highest BCUT2D eigenvalue weighted by Crippen LogP contribution is 2.48. The van der Waals surface area contributed by atoms with Gasteiger partial charge in [0, 0.05) is 11.1 Å². The summed E-state index contributed by atoms with van der Waals surface area (Å²) in [6, 6.07) is 38.1. The molecule has 0 bridgehead atoms. The highest BCUT2D eigenvalue weighted by molar-refractivity contribution is 5.83. The highest BCUT2D eigenvalue weighted by Gasteiger charge is 2.47. The van der Waals surface area contributed by atoms with Gasteiger partial charge in [-0.2, -0.15) is 0 Å². The minimum Gasteiger partial charge on any atom is -0.487 e. The van der Waals surface area contributed by atoms with Crippen molar-refractivity contribution in [2.45, 2.75) is 52.0 Å². The summed E-state index contributed by atoms with van der Waals surface area (Å²) in [5.41, 5.74) is 4.54. The van der Waals surface area contributed by atoms with Crippen molar-refractivity contribution in [3.63, 3.8) is 0 Å². The van der Waals surface area contributed by atoms with Gasteiger partial charge in [-0.1, -0.05) is 84.9 Å². The third-order valence-electron chi connectivity index (χ3n) is 6.44. The Hall–Kier alpha value is -4.05. The Morgan fingerprint density at radius 1 is 0.595 bits per heavy atom. The first-order valence-electron chi connectivity index (χ1n) is 13.1. The lowest BCUT2D eigenvalue weighted by molar-refractivity contribution is -0.482.